The van der Waals surface area contributed by atoms with Gasteiger partial charge in [0.05, 0.1) is 11.7 Å². The van der Waals surface area contributed by atoms with Gasteiger partial charge in [0.15, 0.2) is 0 Å². The molecule has 0 unspecified atom stereocenters. The lowest BCUT2D eigenvalue weighted by Crippen LogP contribution is -2.52. The van der Waals surface area contributed by atoms with Gasteiger partial charge in [-0.25, -0.2) is 4.79 Å². The topological polar surface area (TPSA) is 63.7 Å². The van der Waals surface area contributed by atoms with Crippen molar-refractivity contribution in [2.24, 2.45) is 0 Å². The third-order valence-corrected chi connectivity index (χ3v) is 7.61. The lowest BCUT2D eigenvalue weighted by molar-refractivity contribution is 0.190. The fourth-order valence-electron chi connectivity index (χ4n) is 5.82. The van der Waals surface area contributed by atoms with Crippen molar-refractivity contribution in [1.82, 2.24) is 25.4 Å². The van der Waals surface area contributed by atoms with Gasteiger partial charge in [0.25, 0.3) is 0 Å². The Balaban J connectivity index is 1.27. The van der Waals surface area contributed by atoms with E-state index in [-0.39, 0.29) is 6.03 Å². The zero-order valence-corrected chi connectivity index (χ0v) is 19.9. The highest BCUT2D eigenvalue weighted by Gasteiger charge is 2.30. The van der Waals surface area contributed by atoms with Gasteiger partial charge < -0.3 is 20.4 Å². The van der Waals surface area contributed by atoms with E-state index >= 15 is 0 Å². The molecule has 1 saturated heterocycles. The van der Waals surface area contributed by atoms with Gasteiger partial charge in [0.2, 0.25) is 0 Å². The number of pyridine rings is 1. The third kappa shape index (κ3) is 4.57. The molecule has 3 heterocycles. The number of urea groups is 1. The van der Waals surface area contributed by atoms with Gasteiger partial charge in [0, 0.05) is 64.2 Å². The van der Waals surface area contributed by atoms with E-state index in [9.17, 15) is 4.79 Å². The summed E-state index contributed by atoms with van der Waals surface area (Å²) in [4.78, 5) is 23.6. The Hall–Kier alpha value is -2.64. The summed E-state index contributed by atoms with van der Waals surface area (Å²) in [6, 6.07) is 11.9. The maximum absolute atomic E-state index is 12.0. The molecule has 0 spiro atoms. The van der Waals surface area contributed by atoms with Crippen LogP contribution in [0.3, 0.4) is 0 Å². The van der Waals surface area contributed by atoms with Crippen LogP contribution in [0.2, 0.25) is 0 Å². The molecule has 2 amide bonds. The number of hydrogen-bond acceptors (Lipinski definition) is 5. The summed E-state index contributed by atoms with van der Waals surface area (Å²) in [7, 11) is 3.96. The van der Waals surface area contributed by atoms with Crippen molar-refractivity contribution in [2.45, 2.75) is 44.3 Å². The highest BCUT2D eigenvalue weighted by atomic mass is 16.2. The van der Waals surface area contributed by atoms with Gasteiger partial charge in [-0.2, -0.15) is 0 Å². The second-order valence-electron chi connectivity index (χ2n) is 9.62. The van der Waals surface area contributed by atoms with Crippen LogP contribution in [0.25, 0.3) is 0 Å². The molecule has 0 saturated carbocycles. The molecule has 176 valence electrons. The first kappa shape index (κ1) is 22.2. The lowest BCUT2D eigenvalue weighted by atomic mass is 9.89. The van der Waals surface area contributed by atoms with Crippen molar-refractivity contribution in [3.8, 4) is 0 Å². The molecule has 1 aromatic heterocycles. The largest absolute Gasteiger partial charge is 0.368 e. The van der Waals surface area contributed by atoms with Crippen LogP contribution in [0.5, 0.6) is 0 Å². The van der Waals surface area contributed by atoms with Crippen molar-refractivity contribution in [1.29, 1.82) is 0 Å². The predicted octanol–water partition coefficient (Wildman–Crippen LogP) is 2.57. The molecular formula is C26H36N6O. The van der Waals surface area contributed by atoms with Crippen LogP contribution in [0.1, 0.15) is 41.3 Å². The number of nitrogens with one attached hydrogen (secondary N) is 2. The predicted molar refractivity (Wildman–Crippen MR) is 132 cm³/mol. The second-order valence-corrected chi connectivity index (χ2v) is 9.62. The standard InChI is InChI=1S/C26H36N6O/c1-27-26(33)32-14-12-31(13-15-32)23-9-4-7-20-17-29-21(16-22(20)23)18-30(2)24-10-3-6-19-8-5-11-28-25(19)24/h4-5,7-9,11,21,24,29H,3,6,10,12-18H2,1-2H3,(H,27,33)/t21-,24+/m1/s1. The molecule has 1 aliphatic carbocycles. The van der Waals surface area contributed by atoms with Crippen molar-refractivity contribution >= 4 is 11.7 Å². The van der Waals surface area contributed by atoms with Crippen molar-refractivity contribution in [3.05, 3.63) is 58.9 Å². The Morgan fingerprint density at radius 2 is 2.00 bits per heavy atom. The number of amides is 2. The van der Waals surface area contributed by atoms with E-state index in [1.807, 2.05) is 11.1 Å². The van der Waals surface area contributed by atoms with Gasteiger partial charge in [0.1, 0.15) is 0 Å². The quantitative estimate of drug-likeness (QED) is 0.753. The number of benzene rings is 1. The smallest absolute Gasteiger partial charge is 0.317 e. The lowest BCUT2D eigenvalue weighted by Gasteiger charge is -2.39. The average molecular weight is 449 g/mol. The number of rotatable bonds is 4. The molecular weight excluding hydrogens is 412 g/mol. The van der Waals surface area contributed by atoms with E-state index in [0.29, 0.717) is 12.1 Å². The summed E-state index contributed by atoms with van der Waals surface area (Å²) < 4.78 is 0. The van der Waals surface area contributed by atoms with E-state index < -0.39 is 0 Å². The second kappa shape index (κ2) is 9.69. The summed E-state index contributed by atoms with van der Waals surface area (Å²) in [6.07, 6.45) is 6.55. The van der Waals surface area contributed by atoms with Crippen molar-refractivity contribution in [3.63, 3.8) is 0 Å². The number of anilines is 1. The van der Waals surface area contributed by atoms with Gasteiger partial charge in [-0.1, -0.05) is 18.2 Å². The van der Waals surface area contributed by atoms with Crippen LogP contribution in [-0.4, -0.2) is 73.7 Å². The van der Waals surface area contributed by atoms with Crippen molar-refractivity contribution in [2.75, 3.05) is 51.7 Å². The minimum atomic E-state index is 0.0239. The summed E-state index contributed by atoms with van der Waals surface area (Å²) in [5.41, 5.74) is 6.93. The molecule has 2 N–H and O–H groups in total. The number of carbonyl (C=O) groups is 1. The maximum Gasteiger partial charge on any atom is 0.317 e. The van der Waals surface area contributed by atoms with Crippen LogP contribution in [0.4, 0.5) is 10.5 Å². The summed E-state index contributed by atoms with van der Waals surface area (Å²) in [5.74, 6) is 0. The van der Waals surface area contributed by atoms with Gasteiger partial charge in [-0.15, -0.1) is 0 Å². The Kier molecular flexibility index (Phi) is 6.51. The number of aryl methyl sites for hydroxylation is 1. The molecule has 33 heavy (non-hydrogen) atoms. The van der Waals surface area contributed by atoms with Gasteiger partial charge >= 0.3 is 6.03 Å². The average Bonchev–Trinajstić information content (AvgIpc) is 2.87. The van der Waals surface area contributed by atoms with Crippen LogP contribution < -0.4 is 15.5 Å². The summed E-state index contributed by atoms with van der Waals surface area (Å²) >= 11 is 0. The first-order valence-corrected chi connectivity index (χ1v) is 12.3. The first-order chi connectivity index (χ1) is 16.1. The number of nitrogens with zero attached hydrogens (tertiary/aromatic N) is 4. The maximum atomic E-state index is 12.0. The van der Waals surface area contributed by atoms with E-state index in [1.54, 1.807) is 7.05 Å². The van der Waals surface area contributed by atoms with Gasteiger partial charge in [-0.05, 0) is 61.6 Å². The van der Waals surface area contributed by atoms with Crippen molar-refractivity contribution < 1.29 is 4.79 Å². The normalized spacial score (nSPS) is 22.6. The van der Waals surface area contributed by atoms with Gasteiger partial charge in [-0.3, -0.25) is 9.88 Å². The zero-order valence-electron chi connectivity index (χ0n) is 19.9. The molecule has 7 heteroatoms. The first-order valence-electron chi connectivity index (χ1n) is 12.3. The molecule has 0 bridgehead atoms. The Morgan fingerprint density at radius 1 is 1.18 bits per heavy atom. The minimum absolute atomic E-state index is 0.0239. The number of fused-ring (bicyclic) bond motifs is 2. The Bertz CT molecular complexity index is 986. The monoisotopic (exact) mass is 448 g/mol. The molecule has 3 aliphatic rings. The number of carbonyl (C=O) groups excluding carboxylic acids is 1. The molecule has 1 fully saturated rings. The van der Waals surface area contributed by atoms with E-state index in [1.165, 1.54) is 40.9 Å². The van der Waals surface area contributed by atoms with Crippen LogP contribution >= 0.6 is 0 Å². The summed E-state index contributed by atoms with van der Waals surface area (Å²) in [5, 5.41) is 6.53. The third-order valence-electron chi connectivity index (χ3n) is 7.61. The highest BCUT2D eigenvalue weighted by molar-refractivity contribution is 5.74. The Labute approximate surface area is 197 Å². The number of hydrogen-bond donors (Lipinski definition) is 2. The Morgan fingerprint density at radius 3 is 2.82 bits per heavy atom. The minimum Gasteiger partial charge on any atom is -0.368 e. The fraction of sp³-hybridized carbons (Fsp3) is 0.538. The molecule has 7 nitrogen and oxygen atoms in total. The van der Waals surface area contributed by atoms with E-state index in [4.69, 9.17) is 4.98 Å². The molecule has 5 rings (SSSR count). The van der Waals surface area contributed by atoms with Crippen LogP contribution in [0, 0.1) is 0 Å². The number of aromatic nitrogens is 1. The molecule has 0 radical (unpaired) electrons. The highest BCUT2D eigenvalue weighted by Crippen LogP contribution is 2.33. The fourth-order valence-corrected chi connectivity index (χ4v) is 5.82. The van der Waals surface area contributed by atoms with E-state index in [0.717, 1.165) is 52.1 Å². The zero-order chi connectivity index (χ0) is 22.8. The number of likely N-dealkylation sites (N-methyl/N-ethyl adjacent to an activating group) is 1. The van der Waals surface area contributed by atoms with E-state index in [2.05, 4.69) is 57.8 Å². The van der Waals surface area contributed by atoms with Crippen LogP contribution in [0.15, 0.2) is 36.5 Å². The molecule has 2 aliphatic heterocycles. The van der Waals surface area contributed by atoms with Crippen LogP contribution in [-0.2, 0) is 19.4 Å². The molecule has 1 aromatic carbocycles. The number of piperazine rings is 1. The molecule has 2 atom stereocenters. The SMILES string of the molecule is CNC(=O)N1CCN(c2cccc3c2C[C@H](CN(C)[C@H]2CCCc4cccnc42)NC3)CC1. The summed E-state index contributed by atoms with van der Waals surface area (Å²) in [6.45, 7) is 5.22. The molecule has 2 aromatic rings.